The van der Waals surface area contributed by atoms with Crippen molar-refractivity contribution in [3.05, 3.63) is 41.2 Å². The second kappa shape index (κ2) is 6.51. The van der Waals surface area contributed by atoms with Gasteiger partial charge in [-0.3, -0.25) is 0 Å². The molecule has 0 radical (unpaired) electrons. The summed E-state index contributed by atoms with van der Waals surface area (Å²) >= 11 is 5.33. The van der Waals surface area contributed by atoms with Gasteiger partial charge >= 0.3 is 0 Å². The zero-order valence-electron chi connectivity index (χ0n) is 9.34. The molecule has 16 heavy (non-hydrogen) atoms. The molecule has 0 spiro atoms. The third-order valence-corrected chi connectivity index (χ3v) is 2.49. The minimum Gasteiger partial charge on any atom is -0.486 e. The monoisotopic (exact) mass is 243 g/mol. The first-order valence-electron chi connectivity index (χ1n) is 5.03. The average molecular weight is 244 g/mol. The van der Waals surface area contributed by atoms with Gasteiger partial charge in [0.2, 0.25) is 0 Å². The lowest BCUT2D eigenvalue weighted by atomic mass is 10.1. The highest BCUT2D eigenvalue weighted by Gasteiger charge is 2.07. The summed E-state index contributed by atoms with van der Waals surface area (Å²) in [6.45, 7) is 2.23. The minimum absolute atomic E-state index is 0.117. The summed E-state index contributed by atoms with van der Waals surface area (Å²) in [5.41, 5.74) is 2.23. The highest BCUT2D eigenvalue weighted by Crippen LogP contribution is 2.21. The lowest BCUT2D eigenvalue weighted by molar-refractivity contribution is 0.341. The number of halogens is 2. The van der Waals surface area contributed by atoms with Gasteiger partial charge < -0.3 is 10.1 Å². The molecule has 1 aromatic carbocycles. The Morgan fingerprint density at radius 3 is 2.88 bits per heavy atom. The van der Waals surface area contributed by atoms with Crippen LogP contribution in [0.3, 0.4) is 0 Å². The molecule has 1 rings (SSSR count). The van der Waals surface area contributed by atoms with Crippen LogP contribution in [-0.2, 0) is 0 Å². The summed E-state index contributed by atoms with van der Waals surface area (Å²) < 4.78 is 18.7. The number of benzene rings is 1. The third-order valence-electron chi connectivity index (χ3n) is 2.31. The van der Waals surface area contributed by atoms with Crippen LogP contribution >= 0.6 is 11.6 Å². The van der Waals surface area contributed by atoms with Crippen molar-refractivity contribution in [2.24, 2.45) is 0 Å². The highest BCUT2D eigenvalue weighted by atomic mass is 35.5. The SMILES string of the molecule is CNC(C)c1ccc(OC/C=C/Cl)c(F)c1. The summed E-state index contributed by atoms with van der Waals surface area (Å²) in [5, 5.41) is 3.04. The Balaban J connectivity index is 2.75. The highest BCUT2D eigenvalue weighted by molar-refractivity contribution is 6.25. The maximum atomic E-state index is 13.6. The van der Waals surface area contributed by atoms with Gasteiger partial charge in [-0.05, 0) is 37.7 Å². The van der Waals surface area contributed by atoms with E-state index in [1.54, 1.807) is 12.1 Å². The second-order valence-corrected chi connectivity index (χ2v) is 3.62. The number of hydrogen-bond donors (Lipinski definition) is 1. The molecule has 0 amide bonds. The van der Waals surface area contributed by atoms with E-state index in [2.05, 4.69) is 5.32 Å². The molecule has 2 nitrogen and oxygen atoms in total. The van der Waals surface area contributed by atoms with Gasteiger partial charge in [0, 0.05) is 11.6 Å². The van der Waals surface area contributed by atoms with E-state index in [9.17, 15) is 4.39 Å². The van der Waals surface area contributed by atoms with Crippen LogP contribution in [0.15, 0.2) is 29.8 Å². The van der Waals surface area contributed by atoms with Crippen molar-refractivity contribution >= 4 is 11.6 Å². The van der Waals surface area contributed by atoms with E-state index in [4.69, 9.17) is 16.3 Å². The van der Waals surface area contributed by atoms with Gasteiger partial charge in [-0.15, -0.1) is 0 Å². The Bertz CT molecular complexity index is 368. The molecule has 1 aromatic rings. The molecule has 1 atom stereocenters. The Labute approximate surface area is 100 Å². The Hall–Kier alpha value is -1.06. The second-order valence-electron chi connectivity index (χ2n) is 3.37. The van der Waals surface area contributed by atoms with Crippen molar-refractivity contribution < 1.29 is 9.13 Å². The summed E-state index contributed by atoms with van der Waals surface area (Å²) in [4.78, 5) is 0. The van der Waals surface area contributed by atoms with Crippen LogP contribution in [-0.4, -0.2) is 13.7 Å². The van der Waals surface area contributed by atoms with E-state index in [1.165, 1.54) is 11.6 Å². The van der Waals surface area contributed by atoms with Gasteiger partial charge in [0.25, 0.3) is 0 Å². The van der Waals surface area contributed by atoms with Crippen LogP contribution < -0.4 is 10.1 Å². The molecule has 88 valence electrons. The zero-order valence-corrected chi connectivity index (χ0v) is 10.1. The summed E-state index contributed by atoms with van der Waals surface area (Å²) in [7, 11) is 1.83. The summed E-state index contributed by atoms with van der Waals surface area (Å²) in [6, 6.07) is 5.05. The van der Waals surface area contributed by atoms with Crippen LogP contribution in [0.4, 0.5) is 4.39 Å². The molecule has 0 aliphatic rings. The van der Waals surface area contributed by atoms with Gasteiger partial charge in [-0.1, -0.05) is 17.7 Å². The first-order valence-corrected chi connectivity index (χ1v) is 5.47. The summed E-state index contributed by atoms with van der Waals surface area (Å²) in [6.07, 6.45) is 1.60. The molecule has 1 N–H and O–H groups in total. The van der Waals surface area contributed by atoms with Crippen molar-refractivity contribution in [1.82, 2.24) is 5.32 Å². The van der Waals surface area contributed by atoms with Crippen LogP contribution in [0, 0.1) is 5.82 Å². The molecule has 4 heteroatoms. The topological polar surface area (TPSA) is 21.3 Å². The fourth-order valence-electron chi connectivity index (χ4n) is 1.24. The molecular formula is C12H15ClFNO. The van der Waals surface area contributed by atoms with Crippen molar-refractivity contribution in [3.8, 4) is 5.75 Å². The molecular weight excluding hydrogens is 229 g/mol. The predicted molar refractivity (Wildman–Crippen MR) is 64.4 cm³/mol. The number of rotatable bonds is 5. The van der Waals surface area contributed by atoms with Crippen LogP contribution in [0.5, 0.6) is 5.75 Å². The number of hydrogen-bond acceptors (Lipinski definition) is 2. The molecule has 1 unspecified atom stereocenters. The normalized spacial score (nSPS) is 13.0. The molecule has 0 saturated heterocycles. The predicted octanol–water partition coefficient (Wildman–Crippen LogP) is 3.24. The maximum absolute atomic E-state index is 13.6. The number of nitrogens with one attached hydrogen (secondary N) is 1. The maximum Gasteiger partial charge on any atom is 0.165 e. The van der Waals surface area contributed by atoms with Crippen molar-refractivity contribution in [2.75, 3.05) is 13.7 Å². The molecule has 0 fully saturated rings. The number of ether oxygens (including phenoxy) is 1. The molecule has 0 heterocycles. The standard InChI is InChI=1S/C12H15ClFNO/c1-9(15-2)10-4-5-12(11(14)8-10)16-7-3-6-13/h3-6,8-9,15H,7H2,1-2H3/b6-3+. The molecule has 0 aromatic heterocycles. The van der Waals surface area contributed by atoms with Gasteiger partial charge in [0.15, 0.2) is 11.6 Å². The molecule has 0 bridgehead atoms. The first-order chi connectivity index (χ1) is 7.69. The van der Waals surface area contributed by atoms with Gasteiger partial charge in [-0.2, -0.15) is 0 Å². The lowest BCUT2D eigenvalue weighted by Gasteiger charge is -2.12. The Morgan fingerprint density at radius 1 is 1.56 bits per heavy atom. The molecule has 0 saturated carbocycles. The summed E-state index contributed by atoms with van der Waals surface area (Å²) in [5.74, 6) is -0.121. The first kappa shape index (κ1) is 13.0. The van der Waals surface area contributed by atoms with Crippen molar-refractivity contribution in [1.29, 1.82) is 0 Å². The fraction of sp³-hybridized carbons (Fsp3) is 0.333. The smallest absolute Gasteiger partial charge is 0.165 e. The van der Waals surface area contributed by atoms with Crippen molar-refractivity contribution in [2.45, 2.75) is 13.0 Å². The van der Waals surface area contributed by atoms with E-state index in [-0.39, 0.29) is 24.2 Å². The zero-order chi connectivity index (χ0) is 12.0. The van der Waals surface area contributed by atoms with E-state index < -0.39 is 0 Å². The Morgan fingerprint density at radius 2 is 2.31 bits per heavy atom. The quantitative estimate of drug-likeness (QED) is 0.857. The molecule has 0 aliphatic heterocycles. The van der Waals surface area contributed by atoms with Gasteiger partial charge in [0.1, 0.15) is 6.61 Å². The third kappa shape index (κ3) is 3.51. The fourth-order valence-corrected chi connectivity index (χ4v) is 1.32. The largest absolute Gasteiger partial charge is 0.486 e. The molecule has 0 aliphatic carbocycles. The van der Waals surface area contributed by atoms with Gasteiger partial charge in [-0.25, -0.2) is 4.39 Å². The lowest BCUT2D eigenvalue weighted by Crippen LogP contribution is -2.12. The average Bonchev–Trinajstić information content (AvgIpc) is 2.30. The van der Waals surface area contributed by atoms with Crippen LogP contribution in [0.2, 0.25) is 0 Å². The van der Waals surface area contributed by atoms with Crippen molar-refractivity contribution in [3.63, 3.8) is 0 Å². The van der Waals surface area contributed by atoms with E-state index in [0.717, 1.165) is 5.56 Å². The Kier molecular flexibility index (Phi) is 5.29. The van der Waals surface area contributed by atoms with Gasteiger partial charge in [0.05, 0.1) is 0 Å². The minimum atomic E-state index is -0.359. The van der Waals surface area contributed by atoms with Crippen LogP contribution in [0.25, 0.3) is 0 Å². The van der Waals surface area contributed by atoms with E-state index in [0.29, 0.717) is 0 Å². The van der Waals surface area contributed by atoms with Crippen LogP contribution in [0.1, 0.15) is 18.5 Å². The van der Waals surface area contributed by atoms with E-state index >= 15 is 0 Å². The van der Waals surface area contributed by atoms with E-state index in [1.807, 2.05) is 20.0 Å².